The second-order valence-corrected chi connectivity index (χ2v) is 11.7. The number of halogens is 6. The van der Waals surface area contributed by atoms with E-state index in [1.165, 1.54) is 30.5 Å². The van der Waals surface area contributed by atoms with Crippen molar-refractivity contribution in [2.24, 2.45) is 0 Å². The molecule has 0 aliphatic rings. The van der Waals surface area contributed by atoms with E-state index in [2.05, 4.69) is 20.4 Å². The van der Waals surface area contributed by atoms with Crippen molar-refractivity contribution in [1.82, 2.24) is 19.7 Å². The van der Waals surface area contributed by atoms with Crippen molar-refractivity contribution in [1.29, 1.82) is 0 Å². The zero-order chi connectivity index (χ0) is 30.7. The van der Waals surface area contributed by atoms with Crippen molar-refractivity contribution in [3.05, 3.63) is 72.7 Å². The van der Waals surface area contributed by atoms with Gasteiger partial charge in [-0.15, -0.1) is 0 Å². The van der Waals surface area contributed by atoms with Gasteiger partial charge in [-0.3, -0.25) is 9.67 Å². The number of anilines is 2. The summed E-state index contributed by atoms with van der Waals surface area (Å²) in [5, 5.41) is 18.1. The molecule has 42 heavy (non-hydrogen) atoms. The Hall–Kier alpha value is -4.24. The minimum atomic E-state index is -5.99. The molecule has 0 fully saturated rings. The molecule has 220 valence electrons. The Labute approximate surface area is 234 Å². The van der Waals surface area contributed by atoms with Gasteiger partial charge in [-0.1, -0.05) is 6.07 Å². The van der Waals surface area contributed by atoms with Crippen LogP contribution >= 0.6 is 0 Å². The van der Waals surface area contributed by atoms with Crippen LogP contribution in [0.25, 0.3) is 32.9 Å². The maximum atomic E-state index is 13.3. The first-order valence-electron chi connectivity index (χ1n) is 12.1. The topological polar surface area (TPSA) is 110 Å². The lowest BCUT2D eigenvalue weighted by molar-refractivity contribution is -0.372. The quantitative estimate of drug-likeness (QED) is 0.229. The van der Waals surface area contributed by atoms with Gasteiger partial charge in [-0.25, -0.2) is 13.4 Å². The number of rotatable bonds is 6. The second kappa shape index (κ2) is 9.94. The van der Waals surface area contributed by atoms with E-state index in [1.54, 1.807) is 37.4 Å². The maximum absolute atomic E-state index is 13.3. The van der Waals surface area contributed by atoms with E-state index >= 15 is 0 Å². The van der Waals surface area contributed by atoms with Crippen molar-refractivity contribution < 1.29 is 39.9 Å². The van der Waals surface area contributed by atoms with Crippen LogP contribution in [0.1, 0.15) is 5.56 Å². The molecule has 5 rings (SSSR count). The molecule has 3 aromatic heterocycles. The molecule has 0 spiro atoms. The summed E-state index contributed by atoms with van der Waals surface area (Å²) in [6, 6.07) is 12.3. The molecule has 2 aromatic carbocycles. The average molecular weight is 610 g/mol. The Morgan fingerprint density at radius 1 is 0.905 bits per heavy atom. The van der Waals surface area contributed by atoms with E-state index in [1.807, 2.05) is 0 Å². The molecule has 0 radical (unpaired) electrons. The predicted molar refractivity (Wildman–Crippen MR) is 143 cm³/mol. The summed E-state index contributed by atoms with van der Waals surface area (Å²) in [5.74, 6) is 0.411. The summed E-state index contributed by atoms with van der Waals surface area (Å²) in [7, 11) is -3.37. The minimum Gasteiger partial charge on any atom is -0.372 e. The molecular formula is C27H21F6N5O3S. The van der Waals surface area contributed by atoms with Crippen molar-refractivity contribution in [2.75, 3.05) is 11.6 Å². The first-order valence-corrected chi connectivity index (χ1v) is 14.0. The van der Waals surface area contributed by atoms with Crippen molar-refractivity contribution in [3.8, 4) is 11.3 Å². The van der Waals surface area contributed by atoms with Crippen LogP contribution in [0, 0.1) is 6.92 Å². The Kier molecular flexibility index (Phi) is 6.93. The molecule has 0 atom stereocenters. The molecule has 8 nitrogen and oxygen atoms in total. The summed E-state index contributed by atoms with van der Waals surface area (Å²) in [6.45, 7) is -0.242. The molecule has 0 aliphatic carbocycles. The lowest BCUT2D eigenvalue weighted by Crippen LogP contribution is -2.59. The third-order valence-electron chi connectivity index (χ3n) is 6.87. The Bertz CT molecular complexity index is 1910. The fraction of sp³-hybridized carbons (Fsp3) is 0.222. The van der Waals surface area contributed by atoms with Gasteiger partial charge in [0, 0.05) is 46.1 Å². The summed E-state index contributed by atoms with van der Waals surface area (Å²) in [4.78, 5) is 9.01. The number of aliphatic hydroxyl groups is 1. The SMILES string of the molecule is Cc1c(-c2nccc3cnc(Nc4ccc(S(C)(=O)=O)cc4)cc23)ccc2c1cnn2CC(O)(C(F)(F)F)C(F)(F)F. The molecule has 3 heterocycles. The van der Waals surface area contributed by atoms with Crippen LogP contribution in [0.5, 0.6) is 0 Å². The zero-order valence-corrected chi connectivity index (χ0v) is 22.6. The number of nitrogens with zero attached hydrogens (tertiary/aromatic N) is 4. The summed E-state index contributed by atoms with van der Waals surface area (Å²) in [6.07, 6.45) is -6.60. The fourth-order valence-electron chi connectivity index (χ4n) is 4.51. The molecule has 15 heteroatoms. The van der Waals surface area contributed by atoms with Gasteiger partial charge in [0.25, 0.3) is 5.60 Å². The van der Waals surface area contributed by atoms with Crippen molar-refractivity contribution in [2.45, 2.75) is 36.3 Å². The van der Waals surface area contributed by atoms with Crippen LogP contribution in [-0.4, -0.2) is 57.5 Å². The molecule has 5 aromatic rings. The van der Waals surface area contributed by atoms with Crippen LogP contribution in [0.2, 0.25) is 0 Å². The van der Waals surface area contributed by atoms with E-state index in [9.17, 15) is 39.9 Å². The number of aromatic nitrogens is 4. The number of fused-ring (bicyclic) bond motifs is 2. The standard InChI is InChI=1S/C27H21F6N5O3S/c1-15-19(7-8-22-21(15)13-36-38(22)14-25(39,26(28,29)30)27(31,32)33)24-20-11-23(35-12-16(20)9-10-34-24)37-17-3-5-18(6-4-17)42(2,40)41/h3-13,39H,14H2,1-2H3,(H,35,37). The lowest BCUT2D eigenvalue weighted by atomic mass is 9.98. The molecule has 0 unspecified atom stereocenters. The Morgan fingerprint density at radius 3 is 2.19 bits per heavy atom. The minimum absolute atomic E-state index is 0.0371. The molecule has 2 N–H and O–H groups in total. The third kappa shape index (κ3) is 5.13. The Balaban J connectivity index is 1.53. The van der Waals surface area contributed by atoms with Crippen LogP contribution in [0.15, 0.2) is 72.0 Å². The van der Waals surface area contributed by atoms with E-state index in [-0.39, 0.29) is 15.8 Å². The molecule has 0 saturated carbocycles. The number of benzene rings is 2. The average Bonchev–Trinajstić information content (AvgIpc) is 3.30. The van der Waals surface area contributed by atoms with Gasteiger partial charge in [0.2, 0.25) is 0 Å². The van der Waals surface area contributed by atoms with Crippen LogP contribution in [0.4, 0.5) is 37.8 Å². The maximum Gasteiger partial charge on any atom is 0.428 e. The summed E-state index contributed by atoms with van der Waals surface area (Å²) >= 11 is 0. The van der Waals surface area contributed by atoms with Gasteiger partial charge in [0.15, 0.2) is 9.84 Å². The second-order valence-electron chi connectivity index (χ2n) is 9.70. The molecular weight excluding hydrogens is 588 g/mol. The zero-order valence-electron chi connectivity index (χ0n) is 21.8. The number of hydrogen-bond acceptors (Lipinski definition) is 7. The highest BCUT2D eigenvalue weighted by Crippen LogP contribution is 2.44. The van der Waals surface area contributed by atoms with Crippen molar-refractivity contribution in [3.63, 3.8) is 0 Å². The van der Waals surface area contributed by atoms with Gasteiger partial charge >= 0.3 is 12.4 Å². The normalized spacial score (nSPS) is 13.2. The van der Waals surface area contributed by atoms with Gasteiger partial charge in [-0.05, 0) is 55.0 Å². The van der Waals surface area contributed by atoms with Gasteiger partial charge in [0.1, 0.15) is 5.82 Å². The van der Waals surface area contributed by atoms with Gasteiger partial charge in [-0.2, -0.15) is 31.4 Å². The van der Waals surface area contributed by atoms with Crippen LogP contribution in [0.3, 0.4) is 0 Å². The number of sulfone groups is 1. The van der Waals surface area contributed by atoms with Gasteiger partial charge in [0.05, 0.1) is 28.8 Å². The van der Waals surface area contributed by atoms with Crippen molar-refractivity contribution >= 4 is 43.0 Å². The first kappa shape index (κ1) is 29.3. The van der Waals surface area contributed by atoms with E-state index < -0.39 is 34.3 Å². The molecule has 0 bridgehead atoms. The monoisotopic (exact) mass is 609 g/mol. The largest absolute Gasteiger partial charge is 0.428 e. The van der Waals surface area contributed by atoms with Crippen LogP contribution < -0.4 is 5.32 Å². The number of hydrogen-bond donors (Lipinski definition) is 2. The van der Waals surface area contributed by atoms with Gasteiger partial charge < -0.3 is 10.4 Å². The summed E-state index contributed by atoms with van der Waals surface area (Å²) in [5.41, 5.74) is -2.95. The number of pyridine rings is 2. The predicted octanol–water partition coefficient (Wildman–Crippen LogP) is 5.96. The number of alkyl halides is 6. The van der Waals surface area contributed by atoms with Crippen LogP contribution in [-0.2, 0) is 16.4 Å². The van der Waals surface area contributed by atoms with E-state index in [4.69, 9.17) is 0 Å². The molecule has 0 saturated heterocycles. The lowest BCUT2D eigenvalue weighted by Gasteiger charge is -2.32. The third-order valence-corrected chi connectivity index (χ3v) is 8.00. The fourth-order valence-corrected chi connectivity index (χ4v) is 5.14. The first-order chi connectivity index (χ1) is 19.5. The number of aryl methyl sites for hydroxylation is 1. The Morgan fingerprint density at radius 2 is 1.57 bits per heavy atom. The van der Waals surface area contributed by atoms with E-state index in [0.717, 1.165) is 12.5 Å². The van der Waals surface area contributed by atoms with E-state index in [0.29, 0.717) is 43.8 Å². The molecule has 0 aliphatic heterocycles. The smallest absolute Gasteiger partial charge is 0.372 e. The highest BCUT2D eigenvalue weighted by molar-refractivity contribution is 7.90. The molecule has 0 amide bonds. The number of nitrogens with one attached hydrogen (secondary N) is 1. The highest BCUT2D eigenvalue weighted by Gasteiger charge is 2.70. The summed E-state index contributed by atoms with van der Waals surface area (Å²) < 4.78 is 104. The highest BCUT2D eigenvalue weighted by atomic mass is 32.2.